The van der Waals surface area contributed by atoms with Crippen LogP contribution in [0.25, 0.3) is 0 Å². The fourth-order valence-electron chi connectivity index (χ4n) is 2.10. The van der Waals surface area contributed by atoms with Gasteiger partial charge < -0.3 is 0 Å². The van der Waals surface area contributed by atoms with Crippen LogP contribution in [0.1, 0.15) is 40.5 Å². The summed E-state index contributed by atoms with van der Waals surface area (Å²) in [4.78, 5) is 0. The van der Waals surface area contributed by atoms with Crippen molar-refractivity contribution in [2.75, 3.05) is 0 Å². The van der Waals surface area contributed by atoms with E-state index in [1.807, 2.05) is 0 Å². The van der Waals surface area contributed by atoms with E-state index in [0.717, 1.165) is 11.5 Å². The fraction of sp³-hybridized carbons (Fsp3) is 1.00. The first kappa shape index (κ1) is 10.3. The van der Waals surface area contributed by atoms with E-state index in [4.69, 9.17) is 0 Å². The molecule has 0 aliphatic heterocycles. The maximum absolute atomic E-state index is 2.57. The van der Waals surface area contributed by atoms with Gasteiger partial charge in [0.15, 0.2) is 0 Å². The highest BCUT2D eigenvalue weighted by atomic mass is 28.3. The molecule has 0 nitrogen and oxygen atoms in total. The lowest BCUT2D eigenvalue weighted by Crippen LogP contribution is -2.46. The summed E-state index contributed by atoms with van der Waals surface area (Å²) in [6.45, 7) is 14.8. The summed E-state index contributed by atoms with van der Waals surface area (Å²) in [6.07, 6.45) is 3.02. The first-order valence-corrected chi connectivity index (χ1v) is 8.33. The van der Waals surface area contributed by atoms with Crippen LogP contribution in [0, 0.1) is 5.92 Å². The van der Waals surface area contributed by atoms with E-state index >= 15 is 0 Å². The van der Waals surface area contributed by atoms with E-state index in [2.05, 4.69) is 40.8 Å². The van der Waals surface area contributed by atoms with E-state index in [1.165, 1.54) is 12.8 Å². The van der Waals surface area contributed by atoms with Crippen molar-refractivity contribution < 1.29 is 0 Å². The van der Waals surface area contributed by atoms with E-state index in [0.29, 0.717) is 5.04 Å². The molecular weight excluding hydrogens is 160 g/mol. The summed E-state index contributed by atoms with van der Waals surface area (Å²) in [6, 6.07) is 0. The first-order chi connectivity index (χ1) is 5.25. The number of rotatable bonds is 1. The molecule has 1 rings (SSSR count). The Morgan fingerprint density at radius 2 is 1.50 bits per heavy atom. The van der Waals surface area contributed by atoms with Crippen molar-refractivity contribution in [3.05, 3.63) is 0 Å². The van der Waals surface area contributed by atoms with Crippen LogP contribution in [0.2, 0.25) is 23.7 Å². The molecule has 0 aromatic rings. The summed E-state index contributed by atoms with van der Waals surface area (Å²) in [5, 5.41) is 0.595. The summed E-state index contributed by atoms with van der Waals surface area (Å²) < 4.78 is 0. The Balaban J connectivity index is 2.61. The van der Waals surface area contributed by atoms with Gasteiger partial charge in [0, 0.05) is 0 Å². The predicted molar refractivity (Wildman–Crippen MR) is 59.3 cm³/mol. The fourth-order valence-corrected chi connectivity index (χ4v) is 5.31. The lowest BCUT2D eigenvalue weighted by Gasteiger charge is -2.50. The first-order valence-electron chi connectivity index (χ1n) is 5.25. The summed E-state index contributed by atoms with van der Waals surface area (Å²) >= 11 is 0. The molecule has 0 aromatic heterocycles. The van der Waals surface area contributed by atoms with Crippen molar-refractivity contribution in [3.63, 3.8) is 0 Å². The Morgan fingerprint density at radius 1 is 1.08 bits per heavy atom. The van der Waals surface area contributed by atoms with Crippen molar-refractivity contribution >= 4 is 8.07 Å². The largest absolute Gasteiger partial charge is 0.0688 e. The highest BCUT2D eigenvalue weighted by Crippen LogP contribution is 2.53. The van der Waals surface area contributed by atoms with Crippen molar-refractivity contribution in [2.24, 2.45) is 5.92 Å². The second-order valence-corrected chi connectivity index (χ2v) is 12.0. The maximum Gasteiger partial charge on any atom is 0.0559 e. The monoisotopic (exact) mass is 184 g/mol. The minimum Gasteiger partial charge on any atom is -0.0688 e. The van der Waals surface area contributed by atoms with Gasteiger partial charge in [0.1, 0.15) is 0 Å². The van der Waals surface area contributed by atoms with Gasteiger partial charge in [-0.3, -0.25) is 0 Å². The van der Waals surface area contributed by atoms with Crippen LogP contribution in [-0.4, -0.2) is 8.07 Å². The maximum atomic E-state index is 2.57. The van der Waals surface area contributed by atoms with Gasteiger partial charge >= 0.3 is 0 Å². The van der Waals surface area contributed by atoms with Crippen LogP contribution in [-0.2, 0) is 0 Å². The van der Waals surface area contributed by atoms with Gasteiger partial charge in [-0.25, -0.2) is 0 Å². The van der Waals surface area contributed by atoms with Gasteiger partial charge in [0.25, 0.3) is 0 Å². The lowest BCUT2D eigenvalue weighted by molar-refractivity contribution is 0.329. The standard InChI is InChI=1S/C11H24Si/c1-9-7-10(8-9)12(5,6)11(2,3)4/h9-10H,7-8H2,1-6H3/t9-,10+. The van der Waals surface area contributed by atoms with Crippen LogP contribution >= 0.6 is 0 Å². The molecule has 0 N–H and O–H groups in total. The SMILES string of the molecule is CC(C)(C)[Si](C)(C)[C@H]1C[C@@H](C)C1. The van der Waals surface area contributed by atoms with Gasteiger partial charge in [-0.15, -0.1) is 0 Å². The van der Waals surface area contributed by atoms with E-state index in [9.17, 15) is 0 Å². The minimum absolute atomic E-state index is 0.595. The molecule has 1 aliphatic rings. The van der Waals surface area contributed by atoms with Crippen LogP contribution in [0.15, 0.2) is 0 Å². The molecule has 1 fully saturated rings. The third-order valence-corrected chi connectivity index (χ3v) is 10.7. The van der Waals surface area contributed by atoms with Crippen molar-refractivity contribution in [2.45, 2.75) is 64.2 Å². The van der Waals surface area contributed by atoms with Crippen LogP contribution in [0.4, 0.5) is 0 Å². The summed E-state index contributed by atoms with van der Waals surface area (Å²) in [7, 11) is -0.963. The molecule has 0 spiro atoms. The molecule has 12 heavy (non-hydrogen) atoms. The predicted octanol–water partition coefficient (Wildman–Crippen LogP) is 4.30. The molecule has 0 heterocycles. The molecule has 0 bridgehead atoms. The average Bonchev–Trinajstić information content (AvgIpc) is 1.78. The quantitative estimate of drug-likeness (QED) is 0.533. The zero-order valence-electron chi connectivity index (χ0n) is 9.57. The highest BCUT2D eigenvalue weighted by Gasteiger charge is 2.46. The second-order valence-electron chi connectivity index (χ2n) is 6.25. The van der Waals surface area contributed by atoms with Crippen molar-refractivity contribution in [1.29, 1.82) is 0 Å². The number of hydrogen-bond acceptors (Lipinski definition) is 0. The third-order valence-electron chi connectivity index (χ3n) is 4.33. The Labute approximate surface area is 78.8 Å². The van der Waals surface area contributed by atoms with E-state index in [1.54, 1.807) is 0 Å². The molecule has 1 heteroatoms. The van der Waals surface area contributed by atoms with Gasteiger partial charge in [0.05, 0.1) is 8.07 Å². The van der Waals surface area contributed by atoms with Crippen LogP contribution in [0.3, 0.4) is 0 Å². The molecular formula is C11H24Si. The van der Waals surface area contributed by atoms with Gasteiger partial charge in [-0.2, -0.15) is 0 Å². The Hall–Kier alpha value is 0.217. The van der Waals surface area contributed by atoms with Crippen LogP contribution in [0.5, 0.6) is 0 Å². The molecule has 0 saturated heterocycles. The average molecular weight is 184 g/mol. The highest BCUT2D eigenvalue weighted by molar-refractivity contribution is 6.81. The Bertz CT molecular complexity index is 158. The second kappa shape index (κ2) is 2.86. The van der Waals surface area contributed by atoms with Crippen molar-refractivity contribution in [1.82, 2.24) is 0 Å². The third kappa shape index (κ3) is 1.61. The zero-order chi connectivity index (χ0) is 9.57. The minimum atomic E-state index is -0.963. The van der Waals surface area contributed by atoms with E-state index in [-0.39, 0.29) is 0 Å². The molecule has 0 unspecified atom stereocenters. The van der Waals surface area contributed by atoms with E-state index < -0.39 is 8.07 Å². The van der Waals surface area contributed by atoms with Gasteiger partial charge in [0.2, 0.25) is 0 Å². The normalized spacial score (nSPS) is 31.5. The smallest absolute Gasteiger partial charge is 0.0559 e. The summed E-state index contributed by atoms with van der Waals surface area (Å²) in [5.74, 6) is 1.02. The molecule has 1 aliphatic carbocycles. The molecule has 0 amide bonds. The Morgan fingerprint density at radius 3 is 1.75 bits per heavy atom. The molecule has 0 aromatic carbocycles. The summed E-state index contributed by atoms with van der Waals surface area (Å²) in [5.41, 5.74) is 1.10. The number of hydrogen-bond donors (Lipinski definition) is 0. The lowest BCUT2D eigenvalue weighted by atomic mass is 9.86. The van der Waals surface area contributed by atoms with Crippen LogP contribution < -0.4 is 0 Å². The zero-order valence-corrected chi connectivity index (χ0v) is 10.6. The van der Waals surface area contributed by atoms with Crippen molar-refractivity contribution in [3.8, 4) is 0 Å². The van der Waals surface area contributed by atoms with Gasteiger partial charge in [-0.05, 0) is 16.5 Å². The molecule has 0 radical (unpaired) electrons. The van der Waals surface area contributed by atoms with Gasteiger partial charge in [-0.1, -0.05) is 53.6 Å². The molecule has 0 atom stereocenters. The topological polar surface area (TPSA) is 0 Å². The Kier molecular flexibility index (Phi) is 2.46. The molecule has 1 saturated carbocycles. The molecule has 72 valence electrons.